The Hall–Kier alpha value is -1.83. The van der Waals surface area contributed by atoms with Gasteiger partial charge in [0, 0.05) is 17.3 Å². The Bertz CT molecular complexity index is 577. The van der Waals surface area contributed by atoms with Crippen LogP contribution in [-0.2, 0) is 6.42 Å². The fourth-order valence-corrected chi connectivity index (χ4v) is 2.51. The monoisotopic (exact) mass is 241 g/mol. The third kappa shape index (κ3) is 1.99. The normalized spacial score (nSPS) is 18.0. The van der Waals surface area contributed by atoms with Gasteiger partial charge in [0.1, 0.15) is 5.82 Å². The van der Waals surface area contributed by atoms with Gasteiger partial charge in [0.25, 0.3) is 0 Å². The van der Waals surface area contributed by atoms with Gasteiger partial charge in [-0.3, -0.25) is 0 Å². The molecular formula is C16H16FN. The largest absolute Gasteiger partial charge is 0.382 e. The standard InChI is InChI=1S/C16H16FN/c1-11-6-7-13-10-12(8-9-16(13)18-11)14-4-2-3-5-15(14)17/h2-5,8-11,18H,6-7H2,1H3. The predicted octanol–water partition coefficient (Wildman–Crippen LogP) is 4.24. The van der Waals surface area contributed by atoms with Crippen LogP contribution in [0.25, 0.3) is 11.1 Å². The molecule has 3 rings (SSSR count). The van der Waals surface area contributed by atoms with E-state index in [1.165, 1.54) is 17.3 Å². The number of halogens is 1. The maximum absolute atomic E-state index is 13.8. The van der Waals surface area contributed by atoms with Crippen molar-refractivity contribution in [1.82, 2.24) is 0 Å². The first-order chi connectivity index (χ1) is 8.74. The topological polar surface area (TPSA) is 12.0 Å². The van der Waals surface area contributed by atoms with Crippen LogP contribution in [0.1, 0.15) is 18.9 Å². The molecule has 92 valence electrons. The molecule has 0 fully saturated rings. The van der Waals surface area contributed by atoms with Crippen LogP contribution in [0.2, 0.25) is 0 Å². The fourth-order valence-electron chi connectivity index (χ4n) is 2.51. The first-order valence-corrected chi connectivity index (χ1v) is 6.38. The van der Waals surface area contributed by atoms with Crippen LogP contribution in [0.3, 0.4) is 0 Å². The molecule has 1 nitrogen and oxygen atoms in total. The number of fused-ring (bicyclic) bond motifs is 1. The highest BCUT2D eigenvalue weighted by Gasteiger charge is 2.15. The van der Waals surface area contributed by atoms with Crippen molar-refractivity contribution in [3.05, 3.63) is 53.8 Å². The molecule has 1 heterocycles. The quantitative estimate of drug-likeness (QED) is 0.787. The van der Waals surface area contributed by atoms with Gasteiger partial charge in [-0.05, 0) is 49.1 Å². The lowest BCUT2D eigenvalue weighted by Crippen LogP contribution is -2.21. The third-order valence-corrected chi connectivity index (χ3v) is 3.54. The van der Waals surface area contributed by atoms with E-state index in [2.05, 4.69) is 24.4 Å². The Labute approximate surface area is 107 Å². The van der Waals surface area contributed by atoms with Crippen molar-refractivity contribution < 1.29 is 4.39 Å². The number of hydrogen-bond acceptors (Lipinski definition) is 1. The Balaban J connectivity index is 2.03. The van der Waals surface area contributed by atoms with Crippen molar-refractivity contribution in [2.45, 2.75) is 25.8 Å². The van der Waals surface area contributed by atoms with Crippen molar-refractivity contribution in [2.75, 3.05) is 5.32 Å². The molecule has 0 spiro atoms. The Kier molecular flexibility index (Phi) is 2.78. The van der Waals surface area contributed by atoms with Crippen molar-refractivity contribution in [3.63, 3.8) is 0 Å². The molecule has 0 saturated heterocycles. The van der Waals surface area contributed by atoms with Gasteiger partial charge >= 0.3 is 0 Å². The lowest BCUT2D eigenvalue weighted by atomic mass is 9.95. The number of nitrogens with one attached hydrogen (secondary N) is 1. The smallest absolute Gasteiger partial charge is 0.131 e. The predicted molar refractivity (Wildman–Crippen MR) is 73.2 cm³/mol. The summed E-state index contributed by atoms with van der Waals surface area (Å²) in [5.41, 5.74) is 4.12. The van der Waals surface area contributed by atoms with Crippen molar-refractivity contribution in [1.29, 1.82) is 0 Å². The molecule has 18 heavy (non-hydrogen) atoms. The highest BCUT2D eigenvalue weighted by atomic mass is 19.1. The summed E-state index contributed by atoms with van der Waals surface area (Å²) in [7, 11) is 0. The fraction of sp³-hybridized carbons (Fsp3) is 0.250. The number of rotatable bonds is 1. The van der Waals surface area contributed by atoms with Crippen LogP contribution in [0.5, 0.6) is 0 Å². The minimum absolute atomic E-state index is 0.158. The summed E-state index contributed by atoms with van der Waals surface area (Å²) in [6.07, 6.45) is 2.19. The zero-order chi connectivity index (χ0) is 12.5. The number of benzene rings is 2. The summed E-state index contributed by atoms with van der Waals surface area (Å²) in [5.74, 6) is -0.158. The molecule has 2 aromatic carbocycles. The first-order valence-electron chi connectivity index (χ1n) is 6.38. The van der Waals surface area contributed by atoms with E-state index in [9.17, 15) is 4.39 Å². The maximum atomic E-state index is 13.8. The van der Waals surface area contributed by atoms with Gasteiger partial charge in [-0.15, -0.1) is 0 Å². The Morgan fingerprint density at radius 2 is 2.00 bits per heavy atom. The number of hydrogen-bond donors (Lipinski definition) is 1. The summed E-state index contributed by atoms with van der Waals surface area (Å²) in [5, 5.41) is 3.46. The zero-order valence-electron chi connectivity index (χ0n) is 10.4. The van der Waals surface area contributed by atoms with E-state index in [-0.39, 0.29) is 5.82 Å². The van der Waals surface area contributed by atoms with Crippen LogP contribution >= 0.6 is 0 Å². The van der Waals surface area contributed by atoms with Crippen molar-refractivity contribution in [3.8, 4) is 11.1 Å². The van der Waals surface area contributed by atoms with Gasteiger partial charge in [0.05, 0.1) is 0 Å². The summed E-state index contributed by atoms with van der Waals surface area (Å²) >= 11 is 0. The van der Waals surface area contributed by atoms with E-state index in [4.69, 9.17) is 0 Å². The highest BCUT2D eigenvalue weighted by molar-refractivity contribution is 5.69. The van der Waals surface area contributed by atoms with Crippen LogP contribution in [0.4, 0.5) is 10.1 Å². The van der Waals surface area contributed by atoms with Crippen LogP contribution in [0.15, 0.2) is 42.5 Å². The van der Waals surface area contributed by atoms with E-state index < -0.39 is 0 Å². The minimum atomic E-state index is -0.158. The molecule has 0 aliphatic carbocycles. The number of anilines is 1. The van der Waals surface area contributed by atoms with Gasteiger partial charge in [0.2, 0.25) is 0 Å². The van der Waals surface area contributed by atoms with Gasteiger partial charge in [-0.1, -0.05) is 24.3 Å². The average Bonchev–Trinajstić information content (AvgIpc) is 2.39. The molecule has 0 saturated carbocycles. The SMILES string of the molecule is CC1CCc2cc(-c3ccccc3F)ccc2N1. The first kappa shape index (κ1) is 11.3. The molecule has 0 radical (unpaired) electrons. The molecule has 2 aromatic rings. The highest BCUT2D eigenvalue weighted by Crippen LogP contribution is 2.30. The van der Waals surface area contributed by atoms with Gasteiger partial charge in [-0.25, -0.2) is 4.39 Å². The van der Waals surface area contributed by atoms with Gasteiger partial charge < -0.3 is 5.32 Å². The van der Waals surface area contributed by atoms with Crippen LogP contribution in [-0.4, -0.2) is 6.04 Å². The Morgan fingerprint density at radius 1 is 1.17 bits per heavy atom. The van der Waals surface area contributed by atoms with Gasteiger partial charge in [-0.2, -0.15) is 0 Å². The maximum Gasteiger partial charge on any atom is 0.131 e. The van der Waals surface area contributed by atoms with E-state index in [1.807, 2.05) is 18.2 Å². The van der Waals surface area contributed by atoms with Crippen LogP contribution < -0.4 is 5.32 Å². The molecule has 0 aromatic heterocycles. The lowest BCUT2D eigenvalue weighted by Gasteiger charge is -2.24. The van der Waals surface area contributed by atoms with E-state index in [0.29, 0.717) is 11.6 Å². The van der Waals surface area contributed by atoms with E-state index in [0.717, 1.165) is 18.4 Å². The second-order valence-corrected chi connectivity index (χ2v) is 4.94. The summed E-state index contributed by atoms with van der Waals surface area (Å²) in [6, 6.07) is 13.6. The van der Waals surface area contributed by atoms with Crippen molar-refractivity contribution >= 4 is 5.69 Å². The summed E-state index contributed by atoms with van der Waals surface area (Å²) in [4.78, 5) is 0. The molecule has 1 aliphatic heterocycles. The van der Waals surface area contributed by atoms with Crippen LogP contribution in [0, 0.1) is 5.82 Å². The zero-order valence-corrected chi connectivity index (χ0v) is 10.4. The third-order valence-electron chi connectivity index (χ3n) is 3.54. The van der Waals surface area contributed by atoms with Gasteiger partial charge in [0.15, 0.2) is 0 Å². The second kappa shape index (κ2) is 4.45. The molecule has 2 heteroatoms. The number of aryl methyl sites for hydroxylation is 1. The molecule has 1 N–H and O–H groups in total. The molecule has 0 bridgehead atoms. The van der Waals surface area contributed by atoms with Crippen molar-refractivity contribution in [2.24, 2.45) is 0 Å². The second-order valence-electron chi connectivity index (χ2n) is 4.94. The molecule has 1 aliphatic rings. The average molecular weight is 241 g/mol. The molecule has 1 unspecified atom stereocenters. The van der Waals surface area contributed by atoms with E-state index in [1.54, 1.807) is 6.07 Å². The minimum Gasteiger partial charge on any atom is -0.382 e. The Morgan fingerprint density at radius 3 is 2.83 bits per heavy atom. The summed E-state index contributed by atoms with van der Waals surface area (Å²) in [6.45, 7) is 2.19. The summed E-state index contributed by atoms with van der Waals surface area (Å²) < 4.78 is 13.8. The molecule has 0 amide bonds. The molecular weight excluding hydrogens is 225 g/mol. The lowest BCUT2D eigenvalue weighted by molar-refractivity contribution is 0.631. The molecule has 1 atom stereocenters. The van der Waals surface area contributed by atoms with E-state index >= 15 is 0 Å².